The highest BCUT2D eigenvalue weighted by atomic mass is 32.1. The zero-order valence-corrected chi connectivity index (χ0v) is 15.9. The molecule has 0 spiro atoms. The van der Waals surface area contributed by atoms with Crippen LogP contribution in [0.25, 0.3) is 10.8 Å². The molecule has 0 unspecified atom stereocenters. The topological polar surface area (TPSA) is 62.1 Å². The summed E-state index contributed by atoms with van der Waals surface area (Å²) in [4.78, 5) is 13.7. The number of nitriles is 1. The minimum Gasteiger partial charge on any atom is -0.483 e. The molecule has 0 fully saturated rings. The minimum atomic E-state index is -0.244. The van der Waals surface area contributed by atoms with Crippen molar-refractivity contribution in [3.63, 3.8) is 0 Å². The lowest BCUT2D eigenvalue weighted by Crippen LogP contribution is -2.20. The van der Waals surface area contributed by atoms with E-state index in [-0.39, 0.29) is 12.5 Å². The molecular formula is C22H20N2O2S. The Bertz CT molecular complexity index is 1040. The number of carbonyl (C=O) groups is 1. The van der Waals surface area contributed by atoms with Crippen LogP contribution >= 0.6 is 11.3 Å². The van der Waals surface area contributed by atoms with Crippen LogP contribution in [0.5, 0.6) is 5.75 Å². The van der Waals surface area contributed by atoms with E-state index in [2.05, 4.69) is 18.3 Å². The van der Waals surface area contributed by atoms with Gasteiger partial charge in [0.25, 0.3) is 5.91 Å². The van der Waals surface area contributed by atoms with Gasteiger partial charge in [-0.15, -0.1) is 11.3 Å². The molecule has 1 heterocycles. The zero-order chi connectivity index (χ0) is 18.8. The molecular weight excluding hydrogens is 356 g/mol. The van der Waals surface area contributed by atoms with E-state index >= 15 is 0 Å². The van der Waals surface area contributed by atoms with Gasteiger partial charge in [0.2, 0.25) is 0 Å². The molecule has 0 saturated heterocycles. The number of ether oxygens (including phenoxy) is 1. The van der Waals surface area contributed by atoms with Crippen LogP contribution < -0.4 is 10.1 Å². The second-order valence-corrected chi connectivity index (χ2v) is 8.09. The van der Waals surface area contributed by atoms with Crippen molar-refractivity contribution in [3.8, 4) is 11.8 Å². The number of rotatable bonds is 4. The SMILES string of the molecule is C[C@H]1CCc2c(sc(NC(=O)COc3cccc4ccccc34)c2C#N)C1. The molecule has 4 nitrogen and oxygen atoms in total. The molecule has 1 atom stereocenters. The van der Waals surface area contributed by atoms with Gasteiger partial charge in [0.05, 0.1) is 5.56 Å². The molecule has 136 valence electrons. The third-order valence-electron chi connectivity index (χ3n) is 4.98. The number of nitrogens with zero attached hydrogens (tertiary/aromatic N) is 1. The molecule has 1 aromatic heterocycles. The summed E-state index contributed by atoms with van der Waals surface area (Å²) in [6, 6.07) is 16.0. The number of anilines is 1. The second-order valence-electron chi connectivity index (χ2n) is 6.98. The van der Waals surface area contributed by atoms with Crippen LogP contribution in [0.2, 0.25) is 0 Å². The number of amides is 1. The Labute approximate surface area is 162 Å². The highest BCUT2D eigenvalue weighted by molar-refractivity contribution is 7.16. The molecule has 27 heavy (non-hydrogen) atoms. The second kappa shape index (κ2) is 7.42. The summed E-state index contributed by atoms with van der Waals surface area (Å²) in [6.45, 7) is 2.14. The Hall–Kier alpha value is -2.84. The molecule has 2 aromatic carbocycles. The fraction of sp³-hybridized carbons (Fsp3) is 0.273. The van der Waals surface area contributed by atoms with Crippen LogP contribution in [-0.2, 0) is 17.6 Å². The van der Waals surface area contributed by atoms with Crippen LogP contribution in [-0.4, -0.2) is 12.5 Å². The number of thiophene rings is 1. The van der Waals surface area contributed by atoms with Crippen molar-refractivity contribution >= 4 is 33.0 Å². The van der Waals surface area contributed by atoms with Gasteiger partial charge < -0.3 is 10.1 Å². The summed E-state index contributed by atoms with van der Waals surface area (Å²) in [7, 11) is 0. The summed E-state index contributed by atoms with van der Waals surface area (Å²) in [6.07, 6.45) is 2.99. The summed E-state index contributed by atoms with van der Waals surface area (Å²) in [5, 5.41) is 15.1. The van der Waals surface area contributed by atoms with Crippen molar-refractivity contribution in [2.24, 2.45) is 5.92 Å². The molecule has 1 aliphatic carbocycles. The molecule has 1 aliphatic rings. The Morgan fingerprint density at radius 1 is 1.30 bits per heavy atom. The van der Waals surface area contributed by atoms with Crippen LogP contribution in [0.15, 0.2) is 42.5 Å². The van der Waals surface area contributed by atoms with Gasteiger partial charge in [0.15, 0.2) is 6.61 Å². The first-order chi connectivity index (χ1) is 13.2. The number of carbonyl (C=O) groups excluding carboxylic acids is 1. The van der Waals surface area contributed by atoms with Crippen LogP contribution in [0.3, 0.4) is 0 Å². The molecule has 1 N–H and O–H groups in total. The van der Waals surface area contributed by atoms with Gasteiger partial charge in [0.1, 0.15) is 16.8 Å². The largest absolute Gasteiger partial charge is 0.483 e. The first kappa shape index (κ1) is 17.6. The van der Waals surface area contributed by atoms with E-state index in [0.29, 0.717) is 22.2 Å². The third-order valence-corrected chi connectivity index (χ3v) is 6.15. The Balaban J connectivity index is 1.48. The van der Waals surface area contributed by atoms with Crippen LogP contribution in [0, 0.1) is 17.2 Å². The lowest BCUT2D eigenvalue weighted by molar-refractivity contribution is -0.118. The number of fused-ring (bicyclic) bond motifs is 2. The van der Waals surface area contributed by atoms with E-state index in [4.69, 9.17) is 4.74 Å². The molecule has 0 saturated carbocycles. The Morgan fingerprint density at radius 2 is 2.11 bits per heavy atom. The Morgan fingerprint density at radius 3 is 2.96 bits per heavy atom. The molecule has 0 bridgehead atoms. The summed E-state index contributed by atoms with van der Waals surface area (Å²) in [5.41, 5.74) is 1.74. The van der Waals surface area contributed by atoms with E-state index in [9.17, 15) is 10.1 Å². The van der Waals surface area contributed by atoms with Gasteiger partial charge in [-0.25, -0.2) is 0 Å². The highest BCUT2D eigenvalue weighted by Crippen LogP contribution is 2.39. The number of hydrogen-bond acceptors (Lipinski definition) is 4. The number of nitrogens with one attached hydrogen (secondary N) is 1. The fourth-order valence-corrected chi connectivity index (χ4v) is 4.96. The third kappa shape index (κ3) is 3.54. The molecule has 4 rings (SSSR count). The van der Waals surface area contributed by atoms with Gasteiger partial charge in [-0.1, -0.05) is 43.3 Å². The molecule has 0 aliphatic heterocycles. The van der Waals surface area contributed by atoms with E-state index < -0.39 is 0 Å². The predicted octanol–water partition coefficient (Wildman–Crippen LogP) is 4.92. The summed E-state index contributed by atoms with van der Waals surface area (Å²) < 4.78 is 5.76. The number of benzene rings is 2. The average Bonchev–Trinajstić information content (AvgIpc) is 3.02. The fourth-order valence-electron chi connectivity index (χ4n) is 3.58. The molecule has 1 amide bonds. The van der Waals surface area contributed by atoms with Crippen molar-refractivity contribution in [3.05, 3.63) is 58.5 Å². The first-order valence-electron chi connectivity index (χ1n) is 9.10. The maximum Gasteiger partial charge on any atom is 0.262 e. The van der Waals surface area contributed by atoms with Crippen molar-refractivity contribution in [1.82, 2.24) is 0 Å². The first-order valence-corrected chi connectivity index (χ1v) is 9.92. The van der Waals surface area contributed by atoms with Gasteiger partial charge in [-0.2, -0.15) is 5.26 Å². The lowest BCUT2D eigenvalue weighted by atomic mass is 9.89. The minimum absolute atomic E-state index is 0.0855. The van der Waals surface area contributed by atoms with Gasteiger partial charge in [-0.05, 0) is 42.2 Å². The summed E-state index contributed by atoms with van der Waals surface area (Å²) >= 11 is 1.53. The number of hydrogen-bond donors (Lipinski definition) is 1. The maximum atomic E-state index is 12.4. The van der Waals surface area contributed by atoms with Crippen molar-refractivity contribution in [2.75, 3.05) is 11.9 Å². The molecule has 5 heteroatoms. The van der Waals surface area contributed by atoms with Crippen LogP contribution in [0.1, 0.15) is 29.3 Å². The molecule has 0 radical (unpaired) electrons. The van der Waals surface area contributed by atoms with Crippen molar-refractivity contribution in [2.45, 2.75) is 26.2 Å². The average molecular weight is 376 g/mol. The van der Waals surface area contributed by atoms with E-state index in [1.54, 1.807) is 0 Å². The predicted molar refractivity (Wildman–Crippen MR) is 108 cm³/mol. The van der Waals surface area contributed by atoms with Crippen molar-refractivity contribution < 1.29 is 9.53 Å². The Kier molecular flexibility index (Phi) is 4.83. The van der Waals surface area contributed by atoms with Gasteiger partial charge in [0, 0.05) is 10.3 Å². The quantitative estimate of drug-likeness (QED) is 0.703. The van der Waals surface area contributed by atoms with E-state index in [0.717, 1.165) is 35.6 Å². The standard InChI is InChI=1S/C22H20N2O2S/c1-14-9-10-17-18(12-23)22(27-20(17)11-14)24-21(25)13-26-19-8-4-6-15-5-2-3-7-16(15)19/h2-8,14H,9-11,13H2,1H3,(H,24,25)/t14-/m0/s1. The normalized spacial score (nSPS) is 15.8. The maximum absolute atomic E-state index is 12.4. The van der Waals surface area contributed by atoms with Crippen molar-refractivity contribution in [1.29, 1.82) is 5.26 Å². The highest BCUT2D eigenvalue weighted by Gasteiger charge is 2.24. The monoisotopic (exact) mass is 376 g/mol. The molecule has 3 aromatic rings. The zero-order valence-electron chi connectivity index (χ0n) is 15.1. The lowest BCUT2D eigenvalue weighted by Gasteiger charge is -2.17. The van der Waals surface area contributed by atoms with E-state index in [1.807, 2.05) is 42.5 Å². The smallest absolute Gasteiger partial charge is 0.262 e. The van der Waals surface area contributed by atoms with Gasteiger partial charge >= 0.3 is 0 Å². The summed E-state index contributed by atoms with van der Waals surface area (Å²) in [5.74, 6) is 1.06. The van der Waals surface area contributed by atoms with E-state index in [1.165, 1.54) is 16.2 Å². The van der Waals surface area contributed by atoms with Crippen LogP contribution in [0.4, 0.5) is 5.00 Å². The van der Waals surface area contributed by atoms with Gasteiger partial charge in [-0.3, -0.25) is 4.79 Å².